The Kier molecular flexibility index (Phi) is 16.6. The van der Waals surface area contributed by atoms with Crippen LogP contribution in [0.4, 0.5) is 40.3 Å². The Bertz CT molecular complexity index is 3400. The van der Waals surface area contributed by atoms with Crippen molar-refractivity contribution in [3.63, 3.8) is 0 Å². The highest BCUT2D eigenvalue weighted by atomic mass is 32.2. The molecule has 6 aromatic rings. The number of benzene rings is 5. The van der Waals surface area contributed by atoms with Gasteiger partial charge in [-0.1, -0.05) is 30.3 Å². The minimum atomic E-state index is -6.06. The fraction of sp³-hybridized carbons (Fsp3) is 0.340. The minimum absolute atomic E-state index is 0.0830. The highest BCUT2D eigenvalue weighted by Crippen LogP contribution is 2.41. The molecule has 76 heavy (non-hydrogen) atoms. The number of sulfonamides is 2. The largest absolute Gasteiger partial charge is 0.501 e. The topological polar surface area (TPSA) is 190 Å². The van der Waals surface area contributed by atoms with Crippen LogP contribution in [0.25, 0.3) is 22.4 Å². The molecule has 1 aromatic heterocycles. The summed E-state index contributed by atoms with van der Waals surface area (Å²) in [5.74, 6) is -0.903. The summed E-state index contributed by atoms with van der Waals surface area (Å²) >= 11 is 1.44. The number of amides is 1. The third-order valence-corrected chi connectivity index (χ3v) is 18.3. The number of sulfone groups is 1. The van der Waals surface area contributed by atoms with Gasteiger partial charge in [0.25, 0.3) is 25.8 Å². The number of piperidine rings is 1. The predicted molar refractivity (Wildman–Crippen MR) is 290 cm³/mol. The molecule has 2 saturated heterocycles. The molecule has 0 aliphatic carbocycles. The zero-order valence-corrected chi connectivity index (χ0v) is 45.4. The summed E-state index contributed by atoms with van der Waals surface area (Å²) in [6.07, 6.45) is 2.40. The van der Waals surface area contributed by atoms with E-state index in [-0.39, 0.29) is 16.9 Å². The average Bonchev–Trinajstić information content (AvgIpc) is 3.68. The second-order valence-electron chi connectivity index (χ2n) is 19.3. The lowest BCUT2D eigenvalue weighted by Crippen LogP contribution is -2.46. The van der Waals surface area contributed by atoms with Crippen LogP contribution < -0.4 is 24.6 Å². The van der Waals surface area contributed by atoms with E-state index in [1.807, 2.05) is 54.6 Å². The predicted octanol–water partition coefficient (Wildman–Crippen LogP) is 8.73. The Labute approximate surface area is 445 Å². The smallest absolute Gasteiger partial charge is 0.390 e. The zero-order chi connectivity index (χ0) is 54.8. The lowest BCUT2D eigenvalue weighted by atomic mass is 9.94. The molecule has 0 unspecified atom stereocenters. The molecule has 8 rings (SSSR count). The zero-order valence-electron chi connectivity index (χ0n) is 42.1. The molecule has 0 radical (unpaired) electrons. The Morgan fingerprint density at radius 1 is 0.776 bits per heavy atom. The maximum Gasteiger partial charge on any atom is 0.501 e. The van der Waals surface area contributed by atoms with Crippen molar-refractivity contribution in [2.45, 2.75) is 64.9 Å². The van der Waals surface area contributed by atoms with Crippen molar-refractivity contribution in [3.05, 3.63) is 138 Å². The van der Waals surface area contributed by atoms with Gasteiger partial charge in [0, 0.05) is 97.9 Å². The van der Waals surface area contributed by atoms with Gasteiger partial charge < -0.3 is 29.7 Å². The minimum Gasteiger partial charge on any atom is -0.390 e. The van der Waals surface area contributed by atoms with Gasteiger partial charge in [0.15, 0.2) is 0 Å². The van der Waals surface area contributed by atoms with Gasteiger partial charge in [-0.2, -0.15) is 13.2 Å². The molecule has 406 valence electrons. The molecular formula is C53H59F4N7O8S4. The second kappa shape index (κ2) is 22.5. The fourth-order valence-corrected chi connectivity index (χ4v) is 13.0. The van der Waals surface area contributed by atoms with Gasteiger partial charge in [-0.05, 0) is 135 Å². The van der Waals surface area contributed by atoms with E-state index in [0.717, 1.165) is 34.7 Å². The quantitative estimate of drug-likeness (QED) is 0.0473. The summed E-state index contributed by atoms with van der Waals surface area (Å²) < 4.78 is 142. The van der Waals surface area contributed by atoms with E-state index in [9.17, 15) is 52.7 Å². The molecule has 1 amide bonds. The third-order valence-electron chi connectivity index (χ3n) is 13.7. The first kappa shape index (κ1) is 56.1. The van der Waals surface area contributed by atoms with Gasteiger partial charge >= 0.3 is 5.51 Å². The Hall–Kier alpha value is -6.11. The molecule has 0 spiro atoms. The summed E-state index contributed by atoms with van der Waals surface area (Å²) in [6.45, 7) is 7.37. The van der Waals surface area contributed by atoms with E-state index >= 15 is 0 Å². The van der Waals surface area contributed by atoms with Gasteiger partial charge in [0.2, 0.25) is 10.0 Å². The van der Waals surface area contributed by atoms with E-state index in [0.29, 0.717) is 105 Å². The van der Waals surface area contributed by atoms with Crippen molar-refractivity contribution >= 4 is 70.3 Å². The number of likely N-dealkylation sites (tertiary alicyclic amines) is 1. The van der Waals surface area contributed by atoms with Crippen LogP contribution in [0.3, 0.4) is 0 Å². The Balaban J connectivity index is 0.971. The average molecular weight is 1130 g/mol. The van der Waals surface area contributed by atoms with Crippen LogP contribution in [0, 0.1) is 12.7 Å². The van der Waals surface area contributed by atoms with Crippen molar-refractivity contribution in [2.75, 3.05) is 77.7 Å². The normalized spacial score (nSPS) is 16.1. The third kappa shape index (κ3) is 13.2. The molecular weight excluding hydrogens is 1070 g/mol. The second-order valence-corrected chi connectivity index (χ2v) is 25.8. The van der Waals surface area contributed by atoms with Crippen molar-refractivity contribution in [3.8, 4) is 22.4 Å². The van der Waals surface area contributed by atoms with Crippen molar-refractivity contribution in [1.29, 1.82) is 0 Å². The molecule has 1 atom stereocenters. The number of halogens is 4. The molecule has 5 aromatic carbocycles. The van der Waals surface area contributed by atoms with Crippen LogP contribution in [0.2, 0.25) is 0 Å². The Morgan fingerprint density at radius 3 is 2.03 bits per heavy atom. The highest BCUT2D eigenvalue weighted by molar-refractivity contribution is 7.99. The van der Waals surface area contributed by atoms with Crippen molar-refractivity contribution in [1.82, 2.24) is 14.2 Å². The molecule has 15 nitrogen and oxygen atoms in total. The standard InChI is InChI=1S/C53H59F4N7O8S4/c1-36-48(51(65)60-74(4,67)68)49(50(61(36)3)37-13-15-39(54)16-14-37)38-9-8-10-43(33-38)64-31-29-63(30-32-64)42-19-17-40(18-20-42)59-76(71,72)45-21-22-46(47(34-45)75(69,70)53(55,56)57)58-41(35-73-44-11-6-5-7-12-44)23-26-62-27-24-52(2,66)25-28-62/h5-22,33-34,41,58-59,66H,23-32,35H2,1-4H3,(H,60,65)/t41-/m1/s1. The van der Waals surface area contributed by atoms with Gasteiger partial charge in [-0.15, -0.1) is 11.8 Å². The van der Waals surface area contributed by atoms with Crippen LogP contribution in [-0.4, -0.2) is 121 Å². The summed E-state index contributed by atoms with van der Waals surface area (Å²) in [7, 11) is -12.9. The number of carbonyl (C=O) groups is 1. The molecule has 2 aliphatic heterocycles. The first-order valence-electron chi connectivity index (χ1n) is 24.3. The highest BCUT2D eigenvalue weighted by Gasteiger charge is 2.48. The number of aromatic nitrogens is 1. The molecule has 23 heteroatoms. The number of hydrogen-bond donors (Lipinski definition) is 4. The van der Waals surface area contributed by atoms with Crippen LogP contribution in [0.1, 0.15) is 42.2 Å². The summed E-state index contributed by atoms with van der Waals surface area (Å²) in [4.78, 5) is 18.9. The summed E-state index contributed by atoms with van der Waals surface area (Å²) in [5, 5.41) is 13.5. The fourth-order valence-electron chi connectivity index (χ4n) is 9.43. The molecule has 0 bridgehead atoms. The molecule has 2 aliphatic rings. The Morgan fingerprint density at radius 2 is 1.41 bits per heavy atom. The van der Waals surface area contributed by atoms with E-state index < -0.39 is 68.6 Å². The van der Waals surface area contributed by atoms with E-state index in [1.165, 1.54) is 36.0 Å². The maximum absolute atomic E-state index is 14.3. The van der Waals surface area contributed by atoms with Crippen molar-refractivity contribution < 1.29 is 52.7 Å². The molecule has 0 saturated carbocycles. The monoisotopic (exact) mass is 1130 g/mol. The van der Waals surface area contributed by atoms with Gasteiger partial charge in [-0.3, -0.25) is 9.52 Å². The number of piperazine rings is 1. The van der Waals surface area contributed by atoms with E-state index in [2.05, 4.69) is 29.5 Å². The summed E-state index contributed by atoms with van der Waals surface area (Å²) in [6, 6.07) is 31.1. The van der Waals surface area contributed by atoms with Gasteiger partial charge in [-0.25, -0.2) is 34.4 Å². The molecule has 4 N–H and O–H groups in total. The van der Waals surface area contributed by atoms with E-state index in [4.69, 9.17) is 0 Å². The number of aliphatic hydroxyl groups is 1. The van der Waals surface area contributed by atoms with Crippen LogP contribution in [0.5, 0.6) is 0 Å². The number of rotatable bonds is 18. The maximum atomic E-state index is 14.3. The first-order valence-corrected chi connectivity index (χ1v) is 30.2. The number of nitrogens with zero attached hydrogens (tertiary/aromatic N) is 4. The number of carbonyl (C=O) groups excluding carboxylic acids is 1. The number of nitrogens with one attached hydrogen (secondary N) is 3. The molecule has 3 heterocycles. The number of thioether (sulfide) groups is 1. The van der Waals surface area contributed by atoms with E-state index in [1.54, 1.807) is 49.7 Å². The van der Waals surface area contributed by atoms with Gasteiger partial charge in [0.1, 0.15) is 10.7 Å². The molecule has 2 fully saturated rings. The van der Waals surface area contributed by atoms with Crippen molar-refractivity contribution in [2.24, 2.45) is 7.05 Å². The number of hydrogen-bond acceptors (Lipinski definition) is 13. The van der Waals surface area contributed by atoms with Crippen LogP contribution >= 0.6 is 11.8 Å². The lowest BCUT2D eigenvalue weighted by molar-refractivity contribution is -0.0436. The first-order chi connectivity index (χ1) is 35.8. The van der Waals surface area contributed by atoms with Gasteiger partial charge in [0.05, 0.1) is 33.7 Å². The summed E-state index contributed by atoms with van der Waals surface area (Å²) in [5.41, 5.74) is -2.31. The SMILES string of the molecule is Cc1c(C(=O)NS(C)(=O)=O)c(-c2cccc(N3CCN(c4ccc(NS(=O)(=O)c5ccc(N[C@H](CCN6CCC(C)(O)CC6)CSc6ccccc6)c(S(=O)(=O)C(F)(F)F)c5)cc4)CC3)c2)c(-c2ccc(F)cc2)n1C. The number of alkyl halides is 3. The van der Waals surface area contributed by atoms with Crippen LogP contribution in [-0.2, 0) is 36.9 Å². The number of anilines is 4. The van der Waals surface area contributed by atoms with Crippen LogP contribution in [0.15, 0.2) is 136 Å². The lowest BCUT2D eigenvalue weighted by Gasteiger charge is -2.37.